The average molecular weight is 502 g/mol. The van der Waals surface area contributed by atoms with Crippen LogP contribution < -0.4 is 20.5 Å². The Balaban J connectivity index is 0.00000392. The third-order valence-electron chi connectivity index (χ3n) is 3.99. The molecule has 0 aliphatic heterocycles. The Morgan fingerprint density at radius 3 is 2.57 bits per heavy atom. The van der Waals surface area contributed by atoms with Gasteiger partial charge in [-0.05, 0) is 40.1 Å². The number of guanidine groups is 1. The maximum atomic E-state index is 6.13. The van der Waals surface area contributed by atoms with Crippen molar-refractivity contribution in [2.24, 2.45) is 17.8 Å². The van der Waals surface area contributed by atoms with Crippen LogP contribution in [-0.4, -0.2) is 54.5 Å². The number of nitrogens with one attached hydrogen (secondary N) is 1. The lowest BCUT2D eigenvalue weighted by Gasteiger charge is -2.21. The number of benzene rings is 1. The van der Waals surface area contributed by atoms with Crippen molar-refractivity contribution < 1.29 is 9.47 Å². The zero-order valence-electron chi connectivity index (χ0n) is 17.2. The molecule has 0 saturated heterocycles. The molecule has 28 heavy (non-hydrogen) atoms. The summed E-state index contributed by atoms with van der Waals surface area (Å²) in [5.41, 5.74) is 7.95. The van der Waals surface area contributed by atoms with Crippen molar-refractivity contribution >= 4 is 35.6 Å². The van der Waals surface area contributed by atoms with Gasteiger partial charge in [0.2, 0.25) is 0 Å². The monoisotopic (exact) mass is 502 g/mol. The number of hydrogen-bond acceptors (Lipinski definition) is 5. The average Bonchev–Trinajstić information content (AvgIpc) is 3.03. The molecule has 8 nitrogen and oxygen atoms in total. The lowest BCUT2D eigenvalue weighted by molar-refractivity contribution is 0.306. The highest BCUT2D eigenvalue weighted by Gasteiger charge is 2.16. The molecule has 3 N–H and O–H groups in total. The van der Waals surface area contributed by atoms with Crippen LogP contribution in [0.25, 0.3) is 0 Å². The van der Waals surface area contributed by atoms with Gasteiger partial charge >= 0.3 is 0 Å². The van der Waals surface area contributed by atoms with Gasteiger partial charge in [-0.2, -0.15) is 5.10 Å². The molecule has 1 heterocycles. The fourth-order valence-electron chi connectivity index (χ4n) is 2.69. The molecule has 1 aromatic carbocycles. The maximum absolute atomic E-state index is 6.13. The minimum absolute atomic E-state index is 0. The molecule has 1 unspecified atom stereocenters. The van der Waals surface area contributed by atoms with Crippen molar-refractivity contribution in [3.63, 3.8) is 0 Å². The number of hydrogen-bond donors (Lipinski definition) is 2. The van der Waals surface area contributed by atoms with E-state index in [2.05, 4.69) is 20.3 Å². The molecule has 0 radical (unpaired) electrons. The number of ether oxygens (including phenoxy) is 2. The van der Waals surface area contributed by atoms with Gasteiger partial charge < -0.3 is 25.4 Å². The van der Waals surface area contributed by atoms with Gasteiger partial charge in [0.25, 0.3) is 0 Å². The lowest BCUT2D eigenvalue weighted by atomic mass is 10.1. The first-order valence-corrected chi connectivity index (χ1v) is 9.06. The van der Waals surface area contributed by atoms with E-state index in [-0.39, 0.29) is 30.0 Å². The van der Waals surface area contributed by atoms with Gasteiger partial charge in [0.05, 0.1) is 37.7 Å². The van der Waals surface area contributed by atoms with Gasteiger partial charge in [0.15, 0.2) is 5.96 Å². The number of rotatable bonds is 9. The van der Waals surface area contributed by atoms with Crippen LogP contribution in [-0.2, 0) is 7.05 Å². The summed E-state index contributed by atoms with van der Waals surface area (Å²) in [7, 11) is 5.92. The summed E-state index contributed by atoms with van der Waals surface area (Å²) >= 11 is 0. The van der Waals surface area contributed by atoms with Gasteiger partial charge in [0, 0.05) is 24.9 Å². The second-order valence-electron chi connectivity index (χ2n) is 6.30. The summed E-state index contributed by atoms with van der Waals surface area (Å²) in [6, 6.07) is 5.68. The Bertz CT molecular complexity index is 763. The largest absolute Gasteiger partial charge is 0.494 e. The van der Waals surface area contributed by atoms with E-state index in [4.69, 9.17) is 15.2 Å². The molecule has 0 fully saturated rings. The van der Waals surface area contributed by atoms with Gasteiger partial charge in [-0.15, -0.1) is 24.0 Å². The summed E-state index contributed by atoms with van der Waals surface area (Å²) in [6.07, 6.45) is 3.84. The van der Waals surface area contributed by atoms with Crippen LogP contribution in [0.3, 0.4) is 0 Å². The number of likely N-dealkylation sites (N-methyl/N-ethyl adjacent to an activating group) is 1. The summed E-state index contributed by atoms with van der Waals surface area (Å²) in [6.45, 7) is 5.54. The van der Waals surface area contributed by atoms with Crippen LogP contribution in [0.5, 0.6) is 11.5 Å². The highest BCUT2D eigenvalue weighted by molar-refractivity contribution is 14.0. The van der Waals surface area contributed by atoms with Crippen LogP contribution in [0, 0.1) is 0 Å². The molecule has 0 saturated carbocycles. The molecule has 2 aromatic rings. The molecule has 9 heteroatoms. The fraction of sp³-hybridized carbons (Fsp3) is 0.474. The number of nitrogens with zero attached hydrogens (tertiary/aromatic N) is 4. The molecular weight excluding hydrogens is 471 g/mol. The highest BCUT2D eigenvalue weighted by atomic mass is 127. The third kappa shape index (κ3) is 6.86. The van der Waals surface area contributed by atoms with Crippen molar-refractivity contribution in [2.75, 3.05) is 39.2 Å². The molecule has 0 aliphatic rings. The van der Waals surface area contributed by atoms with E-state index in [0.717, 1.165) is 17.0 Å². The summed E-state index contributed by atoms with van der Waals surface area (Å²) in [4.78, 5) is 6.60. The van der Waals surface area contributed by atoms with Crippen LogP contribution in [0.15, 0.2) is 35.6 Å². The highest BCUT2D eigenvalue weighted by Crippen LogP contribution is 2.29. The van der Waals surface area contributed by atoms with Crippen molar-refractivity contribution in [1.29, 1.82) is 0 Å². The maximum Gasteiger partial charge on any atom is 0.193 e. The Morgan fingerprint density at radius 1 is 1.29 bits per heavy atom. The summed E-state index contributed by atoms with van der Waals surface area (Å²) in [5.74, 6) is 1.77. The molecule has 0 spiro atoms. The predicted octanol–water partition coefficient (Wildman–Crippen LogP) is 2.87. The Morgan fingerprint density at radius 2 is 2.00 bits per heavy atom. The zero-order chi connectivity index (χ0) is 19.8. The molecular formula is C19H31IN6O2. The predicted molar refractivity (Wildman–Crippen MR) is 124 cm³/mol. The quantitative estimate of drug-likeness (QED) is 0.312. The summed E-state index contributed by atoms with van der Waals surface area (Å²) < 4.78 is 13.0. The molecule has 2 rings (SSSR count). The number of anilines is 1. The fourth-order valence-corrected chi connectivity index (χ4v) is 2.69. The molecule has 0 aliphatic carbocycles. The van der Waals surface area contributed by atoms with Crippen LogP contribution >= 0.6 is 24.0 Å². The van der Waals surface area contributed by atoms with E-state index < -0.39 is 0 Å². The number of aromatic nitrogens is 2. The molecule has 0 amide bonds. The molecule has 156 valence electrons. The van der Waals surface area contributed by atoms with Gasteiger partial charge in [-0.25, -0.2) is 0 Å². The number of nitrogens with two attached hydrogens (primary N) is 1. The van der Waals surface area contributed by atoms with Crippen molar-refractivity contribution in [3.05, 3.63) is 36.2 Å². The summed E-state index contributed by atoms with van der Waals surface area (Å²) in [5, 5.41) is 7.37. The van der Waals surface area contributed by atoms with Gasteiger partial charge in [-0.1, -0.05) is 0 Å². The minimum atomic E-state index is 0. The number of halogens is 1. The van der Waals surface area contributed by atoms with Gasteiger partial charge in [0.1, 0.15) is 11.5 Å². The zero-order valence-corrected chi connectivity index (χ0v) is 19.5. The molecule has 0 bridgehead atoms. The minimum Gasteiger partial charge on any atom is -0.494 e. The Labute approximate surface area is 184 Å². The second-order valence-corrected chi connectivity index (χ2v) is 6.30. The SMILES string of the molecule is CCOc1ccc(OCC)c(NC(N)=NCC(c2cnn(C)c2)N(C)C)c1.I. The first-order chi connectivity index (χ1) is 12.9. The molecule has 1 atom stereocenters. The van der Waals surface area contributed by atoms with E-state index in [0.29, 0.717) is 31.5 Å². The van der Waals surface area contributed by atoms with E-state index in [1.54, 1.807) is 4.68 Å². The lowest BCUT2D eigenvalue weighted by Crippen LogP contribution is -2.27. The first kappa shape index (κ1) is 24.0. The van der Waals surface area contributed by atoms with Crippen LogP contribution in [0.4, 0.5) is 5.69 Å². The smallest absolute Gasteiger partial charge is 0.193 e. The van der Waals surface area contributed by atoms with E-state index in [1.807, 2.05) is 65.6 Å². The standard InChI is InChI=1S/C19H30N6O2.HI/c1-6-26-15-8-9-18(27-7-2)16(10-15)23-19(20)21-12-17(24(3)4)14-11-22-25(5)13-14;/h8-11,13,17H,6-7,12H2,1-5H3,(H3,20,21,23);1H. The van der Waals surface area contributed by atoms with Crippen molar-refractivity contribution in [1.82, 2.24) is 14.7 Å². The normalized spacial score (nSPS) is 12.4. The number of aliphatic imine (C=N–C) groups is 1. The van der Waals surface area contributed by atoms with E-state index in [1.165, 1.54) is 0 Å². The molecule has 1 aromatic heterocycles. The first-order valence-electron chi connectivity index (χ1n) is 9.06. The Kier molecular flexibility index (Phi) is 10.1. The topological polar surface area (TPSA) is 89.9 Å². The van der Waals surface area contributed by atoms with Gasteiger partial charge in [-0.3, -0.25) is 9.67 Å². The van der Waals surface area contributed by atoms with Crippen LogP contribution in [0.1, 0.15) is 25.5 Å². The van der Waals surface area contributed by atoms with E-state index in [9.17, 15) is 0 Å². The van der Waals surface area contributed by atoms with Crippen LogP contribution in [0.2, 0.25) is 0 Å². The van der Waals surface area contributed by atoms with E-state index >= 15 is 0 Å². The van der Waals surface area contributed by atoms with Crippen molar-refractivity contribution in [2.45, 2.75) is 19.9 Å². The Hall–Kier alpha value is -2.01. The second kappa shape index (κ2) is 11.7. The third-order valence-corrected chi connectivity index (χ3v) is 3.99. The number of aryl methyl sites for hydroxylation is 1. The van der Waals surface area contributed by atoms with Crippen molar-refractivity contribution in [3.8, 4) is 11.5 Å².